The van der Waals surface area contributed by atoms with E-state index in [-0.39, 0.29) is 5.54 Å². The van der Waals surface area contributed by atoms with Gasteiger partial charge in [0, 0.05) is 11.1 Å². The Labute approximate surface area is 110 Å². The fourth-order valence-electron chi connectivity index (χ4n) is 1.91. The standard InChI is InChI=1S/C15H25NO2/c1-14(2,3)16-11-10-15(4,17)12-8-6-7-9-13(12)18-5/h6-9,16-17H,10-11H2,1-5H3. The second-order valence-electron chi connectivity index (χ2n) is 5.90. The van der Waals surface area contributed by atoms with Crippen molar-refractivity contribution in [2.45, 2.75) is 45.3 Å². The quantitative estimate of drug-likeness (QED) is 0.845. The molecule has 1 rings (SSSR count). The lowest BCUT2D eigenvalue weighted by atomic mass is 9.91. The third-order valence-corrected chi connectivity index (χ3v) is 2.95. The fraction of sp³-hybridized carbons (Fsp3) is 0.600. The van der Waals surface area contributed by atoms with E-state index in [4.69, 9.17) is 4.74 Å². The molecular formula is C15H25NO2. The van der Waals surface area contributed by atoms with E-state index in [9.17, 15) is 5.11 Å². The van der Waals surface area contributed by atoms with E-state index in [1.807, 2.05) is 31.2 Å². The molecule has 1 aromatic rings. The number of aliphatic hydroxyl groups is 1. The third-order valence-electron chi connectivity index (χ3n) is 2.95. The summed E-state index contributed by atoms with van der Waals surface area (Å²) in [6, 6.07) is 7.62. The molecule has 102 valence electrons. The summed E-state index contributed by atoms with van der Waals surface area (Å²) in [5, 5.41) is 14.0. The highest BCUT2D eigenvalue weighted by atomic mass is 16.5. The third kappa shape index (κ3) is 4.31. The normalized spacial score (nSPS) is 15.2. The lowest BCUT2D eigenvalue weighted by molar-refractivity contribution is 0.0439. The zero-order chi connectivity index (χ0) is 13.8. The van der Waals surface area contributed by atoms with Crippen LogP contribution in [0.3, 0.4) is 0 Å². The van der Waals surface area contributed by atoms with Gasteiger partial charge in [-0.15, -0.1) is 0 Å². The summed E-state index contributed by atoms with van der Waals surface area (Å²) in [5.74, 6) is 0.734. The number of methoxy groups -OCH3 is 1. The molecule has 0 bridgehead atoms. The van der Waals surface area contributed by atoms with Crippen molar-refractivity contribution in [3.63, 3.8) is 0 Å². The van der Waals surface area contributed by atoms with E-state index >= 15 is 0 Å². The Hall–Kier alpha value is -1.06. The number of nitrogens with one attached hydrogen (secondary N) is 1. The molecule has 3 nitrogen and oxygen atoms in total. The molecule has 1 aromatic carbocycles. The lowest BCUT2D eigenvalue weighted by Crippen LogP contribution is -2.39. The molecule has 0 heterocycles. The zero-order valence-corrected chi connectivity index (χ0v) is 12.1. The van der Waals surface area contributed by atoms with Crippen molar-refractivity contribution in [1.82, 2.24) is 5.32 Å². The van der Waals surface area contributed by atoms with Crippen LogP contribution in [0.15, 0.2) is 24.3 Å². The molecule has 18 heavy (non-hydrogen) atoms. The van der Waals surface area contributed by atoms with Crippen LogP contribution in [0.25, 0.3) is 0 Å². The van der Waals surface area contributed by atoms with E-state index in [0.717, 1.165) is 17.9 Å². The first-order chi connectivity index (χ1) is 8.26. The molecule has 0 saturated carbocycles. The molecule has 0 radical (unpaired) electrons. The Balaban J connectivity index is 2.73. The molecule has 1 atom stereocenters. The van der Waals surface area contributed by atoms with Gasteiger partial charge in [0.15, 0.2) is 0 Å². The van der Waals surface area contributed by atoms with Crippen LogP contribution in [-0.4, -0.2) is 24.3 Å². The minimum Gasteiger partial charge on any atom is -0.496 e. The molecule has 0 saturated heterocycles. The number of rotatable bonds is 5. The van der Waals surface area contributed by atoms with Gasteiger partial charge >= 0.3 is 0 Å². The van der Waals surface area contributed by atoms with Gasteiger partial charge in [0.1, 0.15) is 5.75 Å². The molecule has 3 heteroatoms. The highest BCUT2D eigenvalue weighted by Gasteiger charge is 2.26. The van der Waals surface area contributed by atoms with Gasteiger partial charge in [0.2, 0.25) is 0 Å². The van der Waals surface area contributed by atoms with E-state index in [0.29, 0.717) is 6.42 Å². The Morgan fingerprint density at radius 1 is 1.17 bits per heavy atom. The molecule has 0 aliphatic carbocycles. The molecule has 0 fully saturated rings. The predicted molar refractivity (Wildman–Crippen MR) is 74.9 cm³/mol. The van der Waals surface area contributed by atoms with Crippen LogP contribution < -0.4 is 10.1 Å². The van der Waals surface area contributed by atoms with Gasteiger partial charge in [-0.1, -0.05) is 18.2 Å². The van der Waals surface area contributed by atoms with Crippen LogP contribution in [0.1, 0.15) is 39.7 Å². The maximum absolute atomic E-state index is 10.6. The molecule has 0 aliphatic heterocycles. The first-order valence-electron chi connectivity index (χ1n) is 6.37. The molecule has 0 aliphatic rings. The summed E-state index contributed by atoms with van der Waals surface area (Å²) in [7, 11) is 1.63. The van der Waals surface area contributed by atoms with Crippen LogP contribution in [0, 0.1) is 0 Å². The van der Waals surface area contributed by atoms with Crippen molar-refractivity contribution < 1.29 is 9.84 Å². The van der Waals surface area contributed by atoms with Gasteiger partial charge in [-0.05, 0) is 46.7 Å². The van der Waals surface area contributed by atoms with E-state index in [1.165, 1.54) is 0 Å². The van der Waals surface area contributed by atoms with Gasteiger partial charge in [0.05, 0.1) is 12.7 Å². The Bertz CT molecular complexity index is 380. The number of benzene rings is 1. The molecular weight excluding hydrogens is 226 g/mol. The largest absolute Gasteiger partial charge is 0.496 e. The molecule has 2 N–H and O–H groups in total. The minimum atomic E-state index is -0.884. The Kier molecular flexibility index (Phi) is 4.77. The monoisotopic (exact) mass is 251 g/mol. The first kappa shape index (κ1) is 15.0. The van der Waals surface area contributed by atoms with Crippen molar-refractivity contribution >= 4 is 0 Å². The topological polar surface area (TPSA) is 41.5 Å². The Morgan fingerprint density at radius 2 is 1.78 bits per heavy atom. The summed E-state index contributed by atoms with van der Waals surface area (Å²) in [6.07, 6.45) is 0.643. The Morgan fingerprint density at radius 3 is 2.33 bits per heavy atom. The molecule has 0 amide bonds. The van der Waals surface area contributed by atoms with Crippen LogP contribution in [0.5, 0.6) is 5.75 Å². The lowest BCUT2D eigenvalue weighted by Gasteiger charge is -2.28. The van der Waals surface area contributed by atoms with Crippen molar-refractivity contribution in [2.75, 3.05) is 13.7 Å². The summed E-state index contributed by atoms with van der Waals surface area (Å²) in [4.78, 5) is 0. The molecule has 0 spiro atoms. The number of ether oxygens (including phenoxy) is 1. The smallest absolute Gasteiger partial charge is 0.124 e. The summed E-state index contributed by atoms with van der Waals surface area (Å²) in [6.45, 7) is 8.93. The summed E-state index contributed by atoms with van der Waals surface area (Å²) < 4.78 is 5.30. The summed E-state index contributed by atoms with van der Waals surface area (Å²) >= 11 is 0. The van der Waals surface area contributed by atoms with Crippen LogP contribution in [-0.2, 0) is 5.60 Å². The number of hydrogen-bond donors (Lipinski definition) is 2. The average Bonchev–Trinajstić information content (AvgIpc) is 2.27. The maximum Gasteiger partial charge on any atom is 0.124 e. The van der Waals surface area contributed by atoms with E-state index in [1.54, 1.807) is 7.11 Å². The van der Waals surface area contributed by atoms with Crippen molar-refractivity contribution in [2.24, 2.45) is 0 Å². The van der Waals surface area contributed by atoms with Gasteiger partial charge < -0.3 is 15.2 Å². The van der Waals surface area contributed by atoms with Crippen LogP contribution in [0.2, 0.25) is 0 Å². The van der Waals surface area contributed by atoms with Gasteiger partial charge in [-0.25, -0.2) is 0 Å². The number of para-hydroxylation sites is 1. The second-order valence-corrected chi connectivity index (χ2v) is 5.90. The maximum atomic E-state index is 10.6. The zero-order valence-electron chi connectivity index (χ0n) is 12.1. The van der Waals surface area contributed by atoms with Gasteiger partial charge in [0.25, 0.3) is 0 Å². The minimum absolute atomic E-state index is 0.0663. The molecule has 0 aromatic heterocycles. The average molecular weight is 251 g/mol. The number of hydrogen-bond acceptors (Lipinski definition) is 3. The van der Waals surface area contributed by atoms with Gasteiger partial charge in [-0.3, -0.25) is 0 Å². The van der Waals surface area contributed by atoms with Gasteiger partial charge in [-0.2, -0.15) is 0 Å². The molecule has 1 unspecified atom stereocenters. The van der Waals surface area contributed by atoms with Crippen molar-refractivity contribution in [3.05, 3.63) is 29.8 Å². The van der Waals surface area contributed by atoms with Crippen molar-refractivity contribution in [1.29, 1.82) is 0 Å². The fourth-order valence-corrected chi connectivity index (χ4v) is 1.91. The predicted octanol–water partition coefficient (Wildman–Crippen LogP) is 2.68. The van der Waals surface area contributed by atoms with E-state index < -0.39 is 5.60 Å². The van der Waals surface area contributed by atoms with Crippen molar-refractivity contribution in [3.8, 4) is 5.75 Å². The SMILES string of the molecule is COc1ccccc1C(C)(O)CCNC(C)(C)C. The first-order valence-corrected chi connectivity index (χ1v) is 6.37. The highest BCUT2D eigenvalue weighted by Crippen LogP contribution is 2.31. The summed E-state index contributed by atoms with van der Waals surface area (Å²) in [5.41, 5.74) is 0.0186. The second kappa shape index (κ2) is 5.72. The highest BCUT2D eigenvalue weighted by molar-refractivity contribution is 5.37. The van der Waals surface area contributed by atoms with Crippen LogP contribution >= 0.6 is 0 Å². The van der Waals surface area contributed by atoms with E-state index in [2.05, 4.69) is 26.1 Å². The van der Waals surface area contributed by atoms with Crippen LogP contribution in [0.4, 0.5) is 0 Å².